The van der Waals surface area contributed by atoms with Crippen molar-refractivity contribution >= 4 is 31.6 Å². The summed E-state index contributed by atoms with van der Waals surface area (Å²) in [5, 5.41) is 0. The fraction of sp³-hybridized carbons (Fsp3) is 0.875. The molecule has 8 nitrogen and oxygen atoms in total. The molecule has 0 aromatic rings. The van der Waals surface area contributed by atoms with E-state index in [0.29, 0.717) is 12.8 Å². The summed E-state index contributed by atoms with van der Waals surface area (Å²) in [6.07, 6.45) is 6.11. The molecule has 26 heavy (non-hydrogen) atoms. The minimum Gasteiger partial charge on any atom is -0.246 e. The van der Waals surface area contributed by atoms with Gasteiger partial charge in [-0.1, -0.05) is 52.4 Å². The maximum atomic E-state index is 11.7. The van der Waals surface area contributed by atoms with Crippen molar-refractivity contribution in [3.05, 3.63) is 0 Å². The first-order valence-electron chi connectivity index (χ1n) is 8.93. The Morgan fingerprint density at radius 2 is 0.962 bits per heavy atom. The number of carbonyl (C=O) groups is 2. The third kappa shape index (κ3) is 14.1. The average molecular weight is 415 g/mol. The molecule has 0 radical (unpaired) electrons. The summed E-state index contributed by atoms with van der Waals surface area (Å²) in [6.45, 7) is 3.98. The molecule has 0 spiro atoms. The minimum absolute atomic E-state index is 0.151. The van der Waals surface area contributed by atoms with Crippen LogP contribution in [0, 0.1) is 0 Å². The van der Waals surface area contributed by atoms with Crippen molar-refractivity contribution in [1.82, 2.24) is 0 Å². The van der Waals surface area contributed by atoms with E-state index >= 15 is 0 Å². The minimum atomic E-state index is -3.65. The molecule has 0 fully saturated rings. The van der Waals surface area contributed by atoms with Gasteiger partial charge in [0.2, 0.25) is 0 Å². The molecule has 0 aliphatic rings. The van der Waals surface area contributed by atoms with Gasteiger partial charge in [0.05, 0.1) is 11.5 Å². The Morgan fingerprint density at radius 1 is 0.615 bits per heavy atom. The maximum absolute atomic E-state index is 11.7. The van der Waals surface area contributed by atoms with Gasteiger partial charge in [-0.2, -0.15) is 0 Å². The Bertz CT molecular complexity index is 567. The molecular formula is C16H30O8S2. The molecule has 0 aliphatic heterocycles. The second-order valence-corrected chi connectivity index (χ2v) is 10.6. The predicted octanol–water partition coefficient (Wildman–Crippen LogP) is 1.98. The van der Waals surface area contributed by atoms with Crippen molar-refractivity contribution < 1.29 is 36.2 Å². The van der Waals surface area contributed by atoms with Gasteiger partial charge in [-0.15, -0.1) is 0 Å². The van der Waals surface area contributed by atoms with Crippen molar-refractivity contribution in [2.75, 3.05) is 23.0 Å². The highest BCUT2D eigenvalue weighted by atomic mass is 32.2. The zero-order chi connectivity index (χ0) is 20.1. The molecule has 154 valence electrons. The van der Waals surface area contributed by atoms with E-state index in [-0.39, 0.29) is 11.5 Å². The van der Waals surface area contributed by atoms with Crippen LogP contribution in [-0.4, -0.2) is 51.8 Å². The fourth-order valence-corrected chi connectivity index (χ4v) is 4.53. The van der Waals surface area contributed by atoms with E-state index in [4.69, 9.17) is 0 Å². The molecular weight excluding hydrogens is 384 g/mol. The lowest BCUT2D eigenvalue weighted by Gasteiger charge is -2.06. The van der Waals surface area contributed by atoms with Crippen LogP contribution in [0.4, 0.5) is 0 Å². The highest BCUT2D eigenvalue weighted by molar-refractivity contribution is 7.92. The van der Waals surface area contributed by atoms with Gasteiger partial charge in [0.15, 0.2) is 31.2 Å². The standard InChI is InChI=1S/C16H30O8S2/c1-3-5-7-9-11-25(19,20)13-15(17)23-24-16(18)14-26(21,22)12-10-8-6-4-2/h3-14H2,1-2H3. The molecule has 0 unspecified atom stereocenters. The van der Waals surface area contributed by atoms with Crippen molar-refractivity contribution in [3.63, 3.8) is 0 Å². The second kappa shape index (κ2) is 13.1. The summed E-state index contributed by atoms with van der Waals surface area (Å²) in [6, 6.07) is 0. The zero-order valence-corrected chi connectivity index (χ0v) is 17.2. The number of unbranched alkanes of at least 4 members (excludes halogenated alkanes) is 6. The van der Waals surface area contributed by atoms with Crippen LogP contribution < -0.4 is 0 Å². The number of rotatable bonds is 14. The van der Waals surface area contributed by atoms with Gasteiger partial charge in [0.25, 0.3) is 0 Å². The summed E-state index contributed by atoms with van der Waals surface area (Å²) in [7, 11) is -7.29. The van der Waals surface area contributed by atoms with E-state index in [1.807, 2.05) is 13.8 Å². The molecule has 0 amide bonds. The molecule has 0 saturated carbocycles. The molecule has 0 bridgehead atoms. The molecule has 0 heterocycles. The van der Waals surface area contributed by atoms with E-state index in [9.17, 15) is 26.4 Å². The summed E-state index contributed by atoms with van der Waals surface area (Å²) >= 11 is 0. The van der Waals surface area contributed by atoms with Crippen LogP contribution in [-0.2, 0) is 39.0 Å². The molecule has 0 rings (SSSR count). The Balaban J connectivity index is 4.15. The van der Waals surface area contributed by atoms with Crippen LogP contribution in [0.25, 0.3) is 0 Å². The van der Waals surface area contributed by atoms with Crippen LogP contribution in [0.3, 0.4) is 0 Å². The van der Waals surface area contributed by atoms with Gasteiger partial charge in [-0.3, -0.25) is 0 Å². The van der Waals surface area contributed by atoms with Crippen molar-refractivity contribution in [2.45, 2.75) is 65.2 Å². The van der Waals surface area contributed by atoms with Crippen LogP contribution in [0.5, 0.6) is 0 Å². The normalized spacial score (nSPS) is 11.9. The van der Waals surface area contributed by atoms with E-state index < -0.39 is 43.1 Å². The number of hydrogen-bond acceptors (Lipinski definition) is 8. The third-order valence-electron chi connectivity index (χ3n) is 3.52. The van der Waals surface area contributed by atoms with Gasteiger partial charge < -0.3 is 0 Å². The molecule has 10 heteroatoms. The smallest absolute Gasteiger partial charge is 0.246 e. The SMILES string of the molecule is CCCCCCS(=O)(=O)CC(=O)OOC(=O)CS(=O)(=O)CCCCCC. The Kier molecular flexibility index (Phi) is 12.5. The molecule has 0 N–H and O–H groups in total. The van der Waals surface area contributed by atoms with Crippen LogP contribution in [0.15, 0.2) is 0 Å². The largest absolute Gasteiger partial charge is 0.370 e. The number of sulfone groups is 2. The van der Waals surface area contributed by atoms with E-state index in [1.165, 1.54) is 0 Å². The van der Waals surface area contributed by atoms with Gasteiger partial charge in [0, 0.05) is 0 Å². The van der Waals surface area contributed by atoms with E-state index in [2.05, 4.69) is 9.78 Å². The van der Waals surface area contributed by atoms with Crippen molar-refractivity contribution in [2.24, 2.45) is 0 Å². The monoisotopic (exact) mass is 414 g/mol. The summed E-state index contributed by atoms with van der Waals surface area (Å²) in [5.41, 5.74) is 0. The molecule has 0 atom stereocenters. The van der Waals surface area contributed by atoms with Crippen LogP contribution in [0.2, 0.25) is 0 Å². The molecule has 0 aliphatic carbocycles. The van der Waals surface area contributed by atoms with Gasteiger partial charge in [-0.25, -0.2) is 36.2 Å². The fourth-order valence-electron chi connectivity index (χ4n) is 2.14. The summed E-state index contributed by atoms with van der Waals surface area (Å²) in [5.74, 6) is -4.60. The van der Waals surface area contributed by atoms with Crippen molar-refractivity contribution in [3.8, 4) is 0 Å². The van der Waals surface area contributed by atoms with Gasteiger partial charge in [-0.05, 0) is 12.8 Å². The average Bonchev–Trinajstić information content (AvgIpc) is 2.53. The van der Waals surface area contributed by atoms with Crippen LogP contribution in [0.1, 0.15) is 65.2 Å². The summed E-state index contributed by atoms with van der Waals surface area (Å²) in [4.78, 5) is 31.1. The third-order valence-corrected chi connectivity index (χ3v) is 6.69. The molecule has 0 saturated heterocycles. The second-order valence-electron chi connectivity index (χ2n) is 6.22. The number of carbonyl (C=O) groups excluding carboxylic acids is 2. The lowest BCUT2D eigenvalue weighted by atomic mass is 10.2. The first-order valence-corrected chi connectivity index (χ1v) is 12.6. The predicted molar refractivity (Wildman–Crippen MR) is 97.8 cm³/mol. The molecule has 0 aromatic heterocycles. The Hall–Kier alpha value is -1.16. The zero-order valence-electron chi connectivity index (χ0n) is 15.6. The van der Waals surface area contributed by atoms with Gasteiger partial charge >= 0.3 is 11.9 Å². The quantitative estimate of drug-likeness (QED) is 0.240. The molecule has 0 aromatic carbocycles. The van der Waals surface area contributed by atoms with E-state index in [0.717, 1.165) is 38.5 Å². The lowest BCUT2D eigenvalue weighted by molar-refractivity contribution is -0.254. The van der Waals surface area contributed by atoms with E-state index in [1.54, 1.807) is 0 Å². The highest BCUT2D eigenvalue weighted by Crippen LogP contribution is 2.05. The van der Waals surface area contributed by atoms with Crippen molar-refractivity contribution in [1.29, 1.82) is 0 Å². The number of hydrogen-bond donors (Lipinski definition) is 0. The van der Waals surface area contributed by atoms with Crippen LogP contribution >= 0.6 is 0 Å². The first-order chi connectivity index (χ1) is 12.1. The maximum Gasteiger partial charge on any atom is 0.370 e. The first kappa shape index (κ1) is 24.8. The summed E-state index contributed by atoms with van der Waals surface area (Å²) < 4.78 is 46.8. The van der Waals surface area contributed by atoms with Gasteiger partial charge in [0.1, 0.15) is 0 Å². The Labute approximate surface area is 156 Å². The lowest BCUT2D eigenvalue weighted by Crippen LogP contribution is -2.25. The highest BCUT2D eigenvalue weighted by Gasteiger charge is 2.22. The topological polar surface area (TPSA) is 121 Å². The Morgan fingerprint density at radius 3 is 1.27 bits per heavy atom.